The second-order valence-corrected chi connectivity index (χ2v) is 10.7. The monoisotopic (exact) mass is 628 g/mol. The predicted molar refractivity (Wildman–Crippen MR) is 174 cm³/mol. The van der Waals surface area contributed by atoms with Crippen molar-refractivity contribution in [3.63, 3.8) is 0 Å². The van der Waals surface area contributed by atoms with Crippen LogP contribution in [0.2, 0.25) is 0 Å². The molecule has 0 radical (unpaired) electrons. The molecular formula is C37H32N4O6. The number of para-hydroxylation sites is 1. The van der Waals surface area contributed by atoms with Crippen LogP contribution in [0.1, 0.15) is 55.5 Å². The summed E-state index contributed by atoms with van der Waals surface area (Å²) in [5.74, 6) is 1.20. The van der Waals surface area contributed by atoms with Crippen LogP contribution < -0.4 is 10.1 Å². The molecule has 6 aromatic rings. The molecule has 0 aliphatic heterocycles. The summed E-state index contributed by atoms with van der Waals surface area (Å²) in [4.78, 5) is 34.4. The standard InChI is InChI=1S/C37H32N4O6/c1-24-30(39-35(46-24)27-13-7-4-8-14-27)21-22-45-28-19-17-25(18-20-28)23-32(36-40-34(41-47-36)37(43)44-2)38-31-16-10-9-15-29(31)33(42)26-11-5-3-6-12-26/h3-20,32,38H,21-23H2,1-2H3/t32-/m0/s1. The number of ether oxygens (including phenoxy) is 2. The summed E-state index contributed by atoms with van der Waals surface area (Å²) in [6.45, 7) is 2.33. The van der Waals surface area contributed by atoms with Gasteiger partial charge in [-0.3, -0.25) is 4.79 Å². The zero-order chi connectivity index (χ0) is 32.6. The summed E-state index contributed by atoms with van der Waals surface area (Å²) in [6, 6.07) is 33.1. The highest BCUT2D eigenvalue weighted by molar-refractivity contribution is 6.12. The van der Waals surface area contributed by atoms with Crippen LogP contribution in [0, 0.1) is 6.92 Å². The molecule has 0 bridgehead atoms. The summed E-state index contributed by atoms with van der Waals surface area (Å²) in [5, 5.41) is 7.20. The van der Waals surface area contributed by atoms with Crippen molar-refractivity contribution in [2.24, 2.45) is 0 Å². The van der Waals surface area contributed by atoms with Gasteiger partial charge in [0, 0.05) is 35.2 Å². The predicted octanol–water partition coefficient (Wildman–Crippen LogP) is 7.07. The molecule has 2 aromatic heterocycles. The molecular weight excluding hydrogens is 596 g/mol. The Bertz CT molecular complexity index is 1950. The molecule has 4 aromatic carbocycles. The number of nitrogens with one attached hydrogen (secondary N) is 1. The molecule has 0 aliphatic carbocycles. The quantitative estimate of drug-likeness (QED) is 0.105. The number of carbonyl (C=O) groups excluding carboxylic acids is 2. The van der Waals surface area contributed by atoms with E-state index in [4.69, 9.17) is 18.4 Å². The van der Waals surface area contributed by atoms with Crippen molar-refractivity contribution in [3.05, 3.63) is 149 Å². The molecule has 2 heterocycles. The number of aromatic nitrogens is 3. The van der Waals surface area contributed by atoms with Crippen LogP contribution in [0.3, 0.4) is 0 Å². The molecule has 0 saturated heterocycles. The van der Waals surface area contributed by atoms with E-state index in [9.17, 15) is 9.59 Å². The first-order valence-electron chi connectivity index (χ1n) is 15.1. The number of ketones is 1. The number of methoxy groups -OCH3 is 1. The summed E-state index contributed by atoms with van der Waals surface area (Å²) in [5.41, 5.74) is 4.35. The van der Waals surface area contributed by atoms with E-state index in [0.717, 1.165) is 22.6 Å². The molecule has 1 atom stereocenters. The van der Waals surface area contributed by atoms with Gasteiger partial charge in [-0.1, -0.05) is 72.8 Å². The normalized spacial score (nSPS) is 11.5. The lowest BCUT2D eigenvalue weighted by Gasteiger charge is -2.19. The van der Waals surface area contributed by atoms with Gasteiger partial charge in [-0.05, 0) is 54.0 Å². The van der Waals surface area contributed by atoms with Crippen LogP contribution in [0.4, 0.5) is 5.69 Å². The van der Waals surface area contributed by atoms with Gasteiger partial charge >= 0.3 is 5.97 Å². The molecule has 0 saturated carbocycles. The zero-order valence-corrected chi connectivity index (χ0v) is 25.9. The molecule has 0 aliphatic rings. The first-order chi connectivity index (χ1) is 23.0. The Morgan fingerprint density at radius 2 is 1.55 bits per heavy atom. The Labute approximate surface area is 271 Å². The number of aryl methyl sites for hydroxylation is 1. The van der Waals surface area contributed by atoms with Crippen molar-refractivity contribution in [1.29, 1.82) is 0 Å². The summed E-state index contributed by atoms with van der Waals surface area (Å²) >= 11 is 0. The lowest BCUT2D eigenvalue weighted by atomic mass is 10.00. The third-order valence-electron chi connectivity index (χ3n) is 7.53. The fraction of sp³-hybridized carbons (Fsp3) is 0.162. The molecule has 0 spiro atoms. The number of oxazole rings is 1. The fourth-order valence-corrected chi connectivity index (χ4v) is 5.08. The molecule has 0 unspecified atom stereocenters. The topological polar surface area (TPSA) is 130 Å². The maximum absolute atomic E-state index is 13.4. The minimum Gasteiger partial charge on any atom is -0.493 e. The Morgan fingerprint density at radius 3 is 2.30 bits per heavy atom. The van der Waals surface area contributed by atoms with Crippen molar-refractivity contribution in [2.45, 2.75) is 25.8 Å². The summed E-state index contributed by atoms with van der Waals surface area (Å²) in [6.07, 6.45) is 0.994. The van der Waals surface area contributed by atoms with Crippen molar-refractivity contribution >= 4 is 17.4 Å². The Balaban J connectivity index is 1.16. The highest BCUT2D eigenvalue weighted by atomic mass is 16.5. The number of hydrogen-bond donors (Lipinski definition) is 1. The van der Waals surface area contributed by atoms with E-state index in [1.807, 2.05) is 97.9 Å². The first-order valence-corrected chi connectivity index (χ1v) is 15.1. The van der Waals surface area contributed by atoms with Crippen LogP contribution in [-0.2, 0) is 17.6 Å². The van der Waals surface area contributed by atoms with Crippen LogP contribution in [0.15, 0.2) is 118 Å². The number of esters is 1. The maximum atomic E-state index is 13.4. The van der Waals surface area contributed by atoms with Crippen molar-refractivity contribution in [1.82, 2.24) is 15.1 Å². The maximum Gasteiger partial charge on any atom is 0.379 e. The third kappa shape index (κ3) is 7.45. The Kier molecular flexibility index (Phi) is 9.48. The SMILES string of the molecule is COC(=O)c1noc([C@H](Cc2ccc(OCCc3nc(-c4ccccc4)oc3C)cc2)Nc2ccccc2C(=O)c2ccccc2)n1. The van der Waals surface area contributed by atoms with Crippen molar-refractivity contribution < 1.29 is 28.0 Å². The lowest BCUT2D eigenvalue weighted by molar-refractivity contribution is 0.0583. The summed E-state index contributed by atoms with van der Waals surface area (Å²) < 4.78 is 22.1. The minimum absolute atomic E-state index is 0.133. The Morgan fingerprint density at radius 1 is 0.851 bits per heavy atom. The van der Waals surface area contributed by atoms with Gasteiger partial charge < -0.3 is 23.7 Å². The van der Waals surface area contributed by atoms with Gasteiger partial charge in [0.15, 0.2) is 5.78 Å². The van der Waals surface area contributed by atoms with Gasteiger partial charge in [0.05, 0.1) is 19.4 Å². The van der Waals surface area contributed by atoms with Crippen LogP contribution in [0.5, 0.6) is 5.75 Å². The van der Waals surface area contributed by atoms with E-state index in [1.54, 1.807) is 18.2 Å². The smallest absolute Gasteiger partial charge is 0.379 e. The average Bonchev–Trinajstić information content (AvgIpc) is 3.76. The second-order valence-electron chi connectivity index (χ2n) is 10.7. The van der Waals surface area contributed by atoms with E-state index in [2.05, 4.69) is 20.4 Å². The number of nitrogens with zero attached hydrogens (tertiary/aromatic N) is 3. The molecule has 6 rings (SSSR count). The van der Waals surface area contributed by atoms with E-state index >= 15 is 0 Å². The van der Waals surface area contributed by atoms with Crippen LogP contribution >= 0.6 is 0 Å². The number of rotatable bonds is 13. The molecule has 47 heavy (non-hydrogen) atoms. The Hall–Kier alpha value is -6.03. The van der Waals surface area contributed by atoms with Crippen LogP contribution in [0.25, 0.3) is 11.5 Å². The number of anilines is 1. The van der Waals surface area contributed by atoms with Gasteiger partial charge in [-0.2, -0.15) is 4.98 Å². The second kappa shape index (κ2) is 14.4. The molecule has 0 fully saturated rings. The van der Waals surface area contributed by atoms with Gasteiger partial charge in [0.2, 0.25) is 11.8 Å². The number of benzene rings is 4. The lowest BCUT2D eigenvalue weighted by Crippen LogP contribution is -2.17. The number of hydrogen-bond acceptors (Lipinski definition) is 10. The van der Waals surface area contributed by atoms with Gasteiger partial charge in [-0.25, -0.2) is 9.78 Å². The largest absolute Gasteiger partial charge is 0.493 e. The third-order valence-corrected chi connectivity index (χ3v) is 7.53. The highest BCUT2D eigenvalue weighted by Gasteiger charge is 2.25. The van der Waals surface area contributed by atoms with E-state index < -0.39 is 12.0 Å². The average molecular weight is 629 g/mol. The van der Waals surface area contributed by atoms with Crippen molar-refractivity contribution in [3.8, 4) is 17.2 Å². The fourth-order valence-electron chi connectivity index (χ4n) is 5.08. The molecule has 1 N–H and O–H groups in total. The van der Waals surface area contributed by atoms with Gasteiger partial charge in [0.1, 0.15) is 17.6 Å². The molecule has 10 nitrogen and oxygen atoms in total. The molecule has 0 amide bonds. The number of carbonyl (C=O) groups is 2. The van der Waals surface area contributed by atoms with Crippen molar-refractivity contribution in [2.75, 3.05) is 19.0 Å². The van der Waals surface area contributed by atoms with E-state index in [-0.39, 0.29) is 17.5 Å². The first kappa shape index (κ1) is 31.0. The van der Waals surface area contributed by atoms with Gasteiger partial charge in [-0.15, -0.1) is 0 Å². The zero-order valence-electron chi connectivity index (χ0n) is 25.9. The minimum atomic E-state index is -0.711. The van der Waals surface area contributed by atoms with Crippen LogP contribution in [-0.4, -0.2) is 40.6 Å². The van der Waals surface area contributed by atoms with E-state index in [1.165, 1.54) is 7.11 Å². The van der Waals surface area contributed by atoms with Gasteiger partial charge in [0.25, 0.3) is 5.82 Å². The molecule has 236 valence electrons. The molecule has 10 heteroatoms. The summed E-state index contributed by atoms with van der Waals surface area (Å²) in [7, 11) is 1.25. The van der Waals surface area contributed by atoms with E-state index in [0.29, 0.717) is 47.9 Å². The highest BCUT2D eigenvalue weighted by Crippen LogP contribution is 2.28.